The summed E-state index contributed by atoms with van der Waals surface area (Å²) < 4.78 is 0. The Hall–Kier alpha value is 0.162. The second kappa shape index (κ2) is 4.08. The summed E-state index contributed by atoms with van der Waals surface area (Å²) in [6, 6.07) is 0. The first-order chi connectivity index (χ1) is 3.43. The van der Waals surface area contributed by atoms with Gasteiger partial charge in [-0.1, -0.05) is 18.2 Å². The molecule has 8 heavy (non-hydrogen) atoms. The third-order valence-corrected chi connectivity index (χ3v) is 0.925. The summed E-state index contributed by atoms with van der Waals surface area (Å²) in [7, 11) is 0. The maximum Gasteiger partial charge on any atom is 0.0432 e. The summed E-state index contributed by atoms with van der Waals surface area (Å²) in [6.45, 7) is 0. The van der Waals surface area contributed by atoms with Crippen LogP contribution in [0.15, 0.2) is 12.5 Å². The molecule has 0 atom stereocenters. The minimum Gasteiger partial charge on any atom is -0.450 e. The van der Waals surface area contributed by atoms with Crippen molar-refractivity contribution in [1.29, 1.82) is 0 Å². The topological polar surface area (TPSA) is 27.0 Å². The molecule has 4 heteroatoms. The van der Waals surface area contributed by atoms with E-state index in [4.69, 9.17) is 11.6 Å². The molecular formula is C4H4ClN2Pd-. The van der Waals surface area contributed by atoms with Gasteiger partial charge in [-0.25, -0.2) is 0 Å². The van der Waals surface area contributed by atoms with Gasteiger partial charge in [0.25, 0.3) is 0 Å². The van der Waals surface area contributed by atoms with E-state index in [9.17, 15) is 0 Å². The van der Waals surface area contributed by atoms with E-state index in [1.54, 1.807) is 6.20 Å². The number of nitrogens with zero attached hydrogens (tertiary/aromatic N) is 2. The zero-order chi connectivity index (χ0) is 5.11. The van der Waals surface area contributed by atoms with Crippen molar-refractivity contribution in [2.24, 2.45) is 0 Å². The first-order valence-corrected chi connectivity index (χ1v) is 2.44. The molecule has 1 aromatic rings. The van der Waals surface area contributed by atoms with Crippen LogP contribution < -0.4 is 4.98 Å². The van der Waals surface area contributed by atoms with Gasteiger partial charge < -0.3 is 9.97 Å². The Balaban J connectivity index is 0.000000490. The van der Waals surface area contributed by atoms with E-state index >= 15 is 0 Å². The number of halogens is 1. The molecule has 1 rings (SSSR count). The van der Waals surface area contributed by atoms with Gasteiger partial charge in [0.15, 0.2) is 0 Å². The van der Waals surface area contributed by atoms with Crippen LogP contribution in [0.5, 0.6) is 0 Å². The Bertz CT molecular complexity index is 129. The van der Waals surface area contributed by atoms with Crippen molar-refractivity contribution >= 4 is 11.6 Å². The van der Waals surface area contributed by atoms with Gasteiger partial charge in [-0.05, 0) is 0 Å². The maximum absolute atomic E-state index is 5.37. The Kier molecular flexibility index (Phi) is 4.17. The van der Waals surface area contributed by atoms with Crippen molar-refractivity contribution < 1.29 is 20.4 Å². The Labute approximate surface area is 66.3 Å². The monoisotopic (exact) mass is 221 g/mol. The molecule has 0 aliphatic rings. The molecule has 2 nitrogen and oxygen atoms in total. The quantitative estimate of drug-likeness (QED) is 0.518. The molecule has 1 aromatic heterocycles. The molecule has 0 aliphatic carbocycles. The largest absolute Gasteiger partial charge is 0.450 e. The van der Waals surface area contributed by atoms with Gasteiger partial charge >= 0.3 is 0 Å². The molecular weight excluding hydrogens is 218 g/mol. The van der Waals surface area contributed by atoms with Crippen LogP contribution in [0.4, 0.5) is 0 Å². The number of hydrogen-bond donors (Lipinski definition) is 0. The van der Waals surface area contributed by atoms with Crippen LogP contribution in [-0.2, 0) is 26.3 Å². The van der Waals surface area contributed by atoms with Gasteiger partial charge in [-0.2, -0.15) is 0 Å². The summed E-state index contributed by atoms with van der Waals surface area (Å²) in [5.41, 5.74) is 0.835. The number of imidazole rings is 1. The number of rotatable bonds is 1. The average molecular weight is 222 g/mol. The van der Waals surface area contributed by atoms with Crippen molar-refractivity contribution in [2.75, 3.05) is 0 Å². The SMILES string of the molecule is ClCc1c[n-]cn1.[Pd]. The second-order valence-electron chi connectivity index (χ2n) is 1.15. The van der Waals surface area contributed by atoms with Crippen LogP contribution in [-0.4, -0.2) is 4.98 Å². The third-order valence-electron chi connectivity index (χ3n) is 0.651. The molecule has 0 N–H and O–H groups in total. The van der Waals surface area contributed by atoms with Gasteiger partial charge in [-0.15, -0.1) is 11.6 Å². The summed E-state index contributed by atoms with van der Waals surface area (Å²) in [6.07, 6.45) is 3.13. The van der Waals surface area contributed by atoms with Crippen LogP contribution in [0.3, 0.4) is 0 Å². The van der Waals surface area contributed by atoms with E-state index < -0.39 is 0 Å². The Morgan fingerprint density at radius 1 is 1.75 bits per heavy atom. The molecule has 0 spiro atoms. The van der Waals surface area contributed by atoms with Crippen molar-refractivity contribution in [2.45, 2.75) is 5.88 Å². The molecule has 0 fully saturated rings. The van der Waals surface area contributed by atoms with Crippen LogP contribution >= 0.6 is 11.6 Å². The molecule has 0 aromatic carbocycles. The third kappa shape index (κ3) is 1.96. The summed E-state index contributed by atoms with van der Waals surface area (Å²) in [5.74, 6) is 0.458. The fourth-order valence-electron chi connectivity index (χ4n) is 0.329. The molecule has 0 saturated carbocycles. The van der Waals surface area contributed by atoms with Crippen LogP contribution in [0, 0.1) is 0 Å². The molecule has 0 bridgehead atoms. The van der Waals surface area contributed by atoms with E-state index in [-0.39, 0.29) is 20.4 Å². The predicted molar refractivity (Wildman–Crippen MR) is 27.1 cm³/mol. The summed E-state index contributed by atoms with van der Waals surface area (Å²) in [4.78, 5) is 7.49. The first kappa shape index (κ1) is 8.16. The van der Waals surface area contributed by atoms with E-state index in [1.165, 1.54) is 6.33 Å². The minimum absolute atomic E-state index is 0. The minimum atomic E-state index is 0. The fourth-order valence-corrected chi connectivity index (χ4v) is 0.467. The fraction of sp³-hybridized carbons (Fsp3) is 0.250. The van der Waals surface area contributed by atoms with Crippen molar-refractivity contribution in [3.8, 4) is 0 Å². The van der Waals surface area contributed by atoms with Crippen LogP contribution in [0.25, 0.3) is 0 Å². The van der Waals surface area contributed by atoms with Gasteiger partial charge in [-0.3, -0.25) is 0 Å². The molecule has 0 amide bonds. The molecule has 0 radical (unpaired) electrons. The number of aromatic nitrogens is 2. The van der Waals surface area contributed by atoms with Gasteiger partial charge in [0.1, 0.15) is 0 Å². The first-order valence-electron chi connectivity index (χ1n) is 1.91. The van der Waals surface area contributed by atoms with E-state index in [1.807, 2.05) is 0 Å². The molecule has 0 aliphatic heterocycles. The van der Waals surface area contributed by atoms with Crippen molar-refractivity contribution in [3.05, 3.63) is 18.2 Å². The number of hydrogen-bond acceptors (Lipinski definition) is 1. The normalized spacial score (nSPS) is 8.12. The number of alkyl halides is 1. The Morgan fingerprint density at radius 2 is 2.50 bits per heavy atom. The zero-order valence-electron chi connectivity index (χ0n) is 3.95. The smallest absolute Gasteiger partial charge is 0.0432 e. The van der Waals surface area contributed by atoms with Gasteiger partial charge in [0.2, 0.25) is 0 Å². The van der Waals surface area contributed by atoms with E-state index in [0.29, 0.717) is 5.88 Å². The molecule has 0 saturated heterocycles. The van der Waals surface area contributed by atoms with E-state index in [2.05, 4.69) is 9.97 Å². The van der Waals surface area contributed by atoms with Gasteiger partial charge in [0.05, 0.1) is 0 Å². The standard InChI is InChI=1S/C4H4ClN2.Pd/c5-1-4-2-6-3-7-4;/h2-3H,1H2;/q-1;. The molecule has 48 valence electrons. The zero-order valence-corrected chi connectivity index (χ0v) is 6.26. The van der Waals surface area contributed by atoms with Gasteiger partial charge in [0, 0.05) is 26.3 Å². The Morgan fingerprint density at radius 3 is 2.75 bits per heavy atom. The van der Waals surface area contributed by atoms with Crippen molar-refractivity contribution in [3.63, 3.8) is 0 Å². The van der Waals surface area contributed by atoms with Crippen molar-refractivity contribution in [1.82, 2.24) is 9.97 Å². The van der Waals surface area contributed by atoms with Crippen LogP contribution in [0.2, 0.25) is 0 Å². The van der Waals surface area contributed by atoms with E-state index in [0.717, 1.165) is 5.69 Å². The molecule has 0 unspecified atom stereocenters. The second-order valence-corrected chi connectivity index (χ2v) is 1.41. The average Bonchev–Trinajstić information content (AvgIpc) is 2.14. The van der Waals surface area contributed by atoms with Crippen LogP contribution in [0.1, 0.15) is 5.69 Å². The predicted octanol–water partition coefficient (Wildman–Crippen LogP) is 0.775. The summed E-state index contributed by atoms with van der Waals surface area (Å²) in [5, 5.41) is 0. The summed E-state index contributed by atoms with van der Waals surface area (Å²) >= 11 is 5.37. The maximum atomic E-state index is 5.37. The molecule has 1 heterocycles.